The summed E-state index contributed by atoms with van der Waals surface area (Å²) in [6.07, 6.45) is 1.89. The van der Waals surface area contributed by atoms with Gasteiger partial charge in [-0.05, 0) is 13.0 Å². The van der Waals surface area contributed by atoms with Gasteiger partial charge in [-0.3, -0.25) is 0 Å². The van der Waals surface area contributed by atoms with E-state index in [2.05, 4.69) is 12.2 Å². The molecule has 0 radical (unpaired) electrons. The van der Waals surface area contributed by atoms with Crippen LogP contribution >= 0.6 is 14.3 Å². The van der Waals surface area contributed by atoms with Crippen LogP contribution in [0.2, 0.25) is 0 Å². The Balaban J connectivity index is 2.04. The molecule has 0 unspecified atom stereocenters. The lowest BCUT2D eigenvalue weighted by atomic mass is 10.3. The molecule has 0 bridgehead atoms. The van der Waals surface area contributed by atoms with Crippen LogP contribution < -0.4 is 26.5 Å². The molecule has 4 rings (SSSR count). The maximum Gasteiger partial charge on any atom is 0.167 e. The van der Waals surface area contributed by atoms with Crippen LogP contribution in [-0.2, 0) is 9.13 Å². The average molecular weight is 488 g/mol. The van der Waals surface area contributed by atoms with E-state index in [0.717, 1.165) is 12.8 Å². The molecule has 0 heterocycles. The maximum absolute atomic E-state index is 15.5. The van der Waals surface area contributed by atoms with Crippen molar-refractivity contribution in [1.82, 2.24) is 5.32 Å². The summed E-state index contributed by atoms with van der Waals surface area (Å²) in [4.78, 5) is 0. The molecule has 5 heteroatoms. The number of rotatable bonds is 10. The second kappa shape index (κ2) is 11.2. The smallest absolute Gasteiger partial charge is 0.167 e. The average Bonchev–Trinajstić information content (AvgIpc) is 2.92. The van der Waals surface area contributed by atoms with Crippen LogP contribution in [-0.4, -0.2) is 12.1 Å². The highest BCUT2D eigenvalue weighted by atomic mass is 31.2. The second-order valence-electron chi connectivity index (χ2n) is 8.34. The van der Waals surface area contributed by atoms with Crippen molar-refractivity contribution in [2.24, 2.45) is 0 Å². The summed E-state index contributed by atoms with van der Waals surface area (Å²) in [7, 11) is -6.80. The van der Waals surface area contributed by atoms with Crippen LogP contribution in [0.4, 0.5) is 0 Å². The zero-order valence-corrected chi connectivity index (χ0v) is 21.2. The highest BCUT2D eigenvalue weighted by Gasteiger charge is 2.49. The van der Waals surface area contributed by atoms with Gasteiger partial charge in [-0.25, -0.2) is 0 Å². The Labute approximate surface area is 203 Å². The van der Waals surface area contributed by atoms with E-state index >= 15 is 9.13 Å². The molecule has 0 aromatic heterocycles. The van der Waals surface area contributed by atoms with E-state index in [1.165, 1.54) is 0 Å². The first kappa shape index (κ1) is 24.4. The SMILES string of the molecule is CCCCNC(P(=O)(c1ccccc1)c1ccccc1)P(=O)(c1ccccc1)c1ccccc1. The van der Waals surface area contributed by atoms with Gasteiger partial charge in [-0.1, -0.05) is 135 Å². The summed E-state index contributed by atoms with van der Waals surface area (Å²) >= 11 is 0. The Hall–Kier alpha value is -2.70. The van der Waals surface area contributed by atoms with Crippen molar-refractivity contribution in [3.8, 4) is 0 Å². The first-order valence-electron chi connectivity index (χ1n) is 11.8. The lowest BCUT2D eigenvalue weighted by Crippen LogP contribution is -2.42. The molecule has 0 saturated heterocycles. The Morgan fingerprint density at radius 3 is 1.12 bits per heavy atom. The fourth-order valence-electron chi connectivity index (χ4n) is 4.35. The van der Waals surface area contributed by atoms with Crippen molar-refractivity contribution in [2.75, 3.05) is 6.54 Å². The van der Waals surface area contributed by atoms with Gasteiger partial charge in [-0.15, -0.1) is 0 Å². The Bertz CT molecular complexity index is 1080. The number of hydrogen-bond donors (Lipinski definition) is 1. The third-order valence-electron chi connectivity index (χ3n) is 6.11. The summed E-state index contributed by atoms with van der Waals surface area (Å²) in [5.74, 6) is 0. The van der Waals surface area contributed by atoms with Gasteiger partial charge >= 0.3 is 0 Å². The van der Waals surface area contributed by atoms with Crippen molar-refractivity contribution >= 4 is 35.5 Å². The van der Waals surface area contributed by atoms with Crippen LogP contribution in [0, 0.1) is 0 Å². The molecule has 0 aliphatic heterocycles. The van der Waals surface area contributed by atoms with E-state index in [4.69, 9.17) is 0 Å². The molecule has 0 atom stereocenters. The second-order valence-corrected chi connectivity index (χ2v) is 14.5. The van der Waals surface area contributed by atoms with E-state index in [-0.39, 0.29) is 0 Å². The quantitative estimate of drug-likeness (QED) is 0.231. The standard InChI is InChI=1S/C29H31NO2P2/c1-2-3-24-30-29(33(31,25-16-8-4-9-17-25)26-18-10-5-11-19-26)34(32,27-20-12-6-13-21-27)28-22-14-7-15-23-28/h4-23,29-30H,2-3,24H2,1H3. The minimum atomic E-state index is -3.40. The van der Waals surface area contributed by atoms with E-state index in [1.54, 1.807) is 0 Å². The minimum absolute atomic E-state index is 0.633. The van der Waals surface area contributed by atoms with Crippen molar-refractivity contribution in [3.63, 3.8) is 0 Å². The van der Waals surface area contributed by atoms with Crippen molar-refractivity contribution in [3.05, 3.63) is 121 Å². The van der Waals surface area contributed by atoms with Crippen molar-refractivity contribution in [1.29, 1.82) is 0 Å². The fraction of sp³-hybridized carbons (Fsp3) is 0.172. The fourth-order valence-corrected chi connectivity index (χ4v) is 12.7. The van der Waals surface area contributed by atoms with Gasteiger partial charge in [0, 0.05) is 21.2 Å². The molecule has 4 aromatic rings. The highest BCUT2D eigenvalue weighted by molar-refractivity contribution is 7.95. The van der Waals surface area contributed by atoms with E-state index in [0.29, 0.717) is 27.8 Å². The zero-order chi connectivity index (χ0) is 23.9. The molecule has 174 valence electrons. The number of unbranched alkanes of at least 4 members (excludes halogenated alkanes) is 1. The molecule has 4 aromatic carbocycles. The summed E-state index contributed by atoms with van der Waals surface area (Å²) in [5.41, 5.74) is -0.777. The lowest BCUT2D eigenvalue weighted by Gasteiger charge is -2.36. The lowest BCUT2D eigenvalue weighted by molar-refractivity contribution is 0.556. The van der Waals surface area contributed by atoms with E-state index in [1.807, 2.05) is 121 Å². The normalized spacial score (nSPS) is 12.1. The van der Waals surface area contributed by atoms with Crippen molar-refractivity contribution < 1.29 is 9.13 Å². The van der Waals surface area contributed by atoms with Crippen LogP contribution in [0.1, 0.15) is 19.8 Å². The molecule has 0 spiro atoms. The summed E-state index contributed by atoms with van der Waals surface area (Å²) in [6.45, 7) is 2.76. The van der Waals surface area contributed by atoms with Gasteiger partial charge < -0.3 is 14.4 Å². The van der Waals surface area contributed by atoms with Gasteiger partial charge in [0.1, 0.15) is 5.52 Å². The largest absolute Gasteiger partial charge is 0.311 e. The summed E-state index contributed by atoms with van der Waals surface area (Å²) < 4.78 is 30.9. The molecular weight excluding hydrogens is 456 g/mol. The predicted octanol–water partition coefficient (Wildman–Crippen LogP) is 5.69. The van der Waals surface area contributed by atoms with Crippen LogP contribution in [0.15, 0.2) is 121 Å². The first-order valence-corrected chi connectivity index (χ1v) is 15.3. The van der Waals surface area contributed by atoms with Crippen LogP contribution in [0.25, 0.3) is 0 Å². The summed E-state index contributed by atoms with van der Waals surface area (Å²) in [6, 6.07) is 38.2. The molecule has 0 saturated carbocycles. The third-order valence-corrected chi connectivity index (χ3v) is 14.1. The molecular formula is C29H31NO2P2. The highest BCUT2D eigenvalue weighted by Crippen LogP contribution is 2.64. The number of nitrogens with one attached hydrogen (secondary N) is 1. The van der Waals surface area contributed by atoms with E-state index < -0.39 is 19.8 Å². The van der Waals surface area contributed by atoms with Crippen molar-refractivity contribution in [2.45, 2.75) is 25.3 Å². The predicted molar refractivity (Wildman–Crippen MR) is 146 cm³/mol. The molecule has 1 N–H and O–H groups in total. The van der Waals surface area contributed by atoms with Gasteiger partial charge in [0.2, 0.25) is 0 Å². The Morgan fingerprint density at radius 1 is 0.559 bits per heavy atom. The van der Waals surface area contributed by atoms with Gasteiger partial charge in [0.25, 0.3) is 0 Å². The molecule has 3 nitrogen and oxygen atoms in total. The number of benzene rings is 4. The van der Waals surface area contributed by atoms with Gasteiger partial charge in [-0.2, -0.15) is 0 Å². The maximum atomic E-state index is 15.5. The summed E-state index contributed by atoms with van der Waals surface area (Å²) in [5, 5.41) is 6.41. The topological polar surface area (TPSA) is 46.2 Å². The van der Waals surface area contributed by atoms with Gasteiger partial charge in [0.15, 0.2) is 14.3 Å². The molecule has 0 fully saturated rings. The van der Waals surface area contributed by atoms with Gasteiger partial charge in [0.05, 0.1) is 0 Å². The molecule has 34 heavy (non-hydrogen) atoms. The number of hydrogen-bond acceptors (Lipinski definition) is 3. The third kappa shape index (κ3) is 4.75. The molecule has 0 aliphatic carbocycles. The first-order chi connectivity index (χ1) is 16.6. The Morgan fingerprint density at radius 2 is 0.853 bits per heavy atom. The van der Waals surface area contributed by atoms with Crippen LogP contribution in [0.3, 0.4) is 0 Å². The minimum Gasteiger partial charge on any atom is -0.311 e. The van der Waals surface area contributed by atoms with Crippen LogP contribution in [0.5, 0.6) is 0 Å². The molecule has 0 amide bonds. The van der Waals surface area contributed by atoms with E-state index in [9.17, 15) is 0 Å². The Kier molecular flexibility index (Phi) is 8.01. The zero-order valence-electron chi connectivity index (χ0n) is 19.5. The molecule has 0 aliphatic rings. The monoisotopic (exact) mass is 487 g/mol.